The van der Waals surface area contributed by atoms with E-state index in [4.69, 9.17) is 5.11 Å². The molecule has 0 spiro atoms. The van der Waals surface area contributed by atoms with Gasteiger partial charge in [0.05, 0.1) is 5.51 Å². The van der Waals surface area contributed by atoms with E-state index in [-0.39, 0.29) is 0 Å². The van der Waals surface area contributed by atoms with Crippen LogP contribution in [0.15, 0.2) is 17.8 Å². The third-order valence-electron chi connectivity index (χ3n) is 2.33. The van der Waals surface area contributed by atoms with E-state index in [0.29, 0.717) is 11.4 Å². The smallest absolute Gasteiger partial charge is 0.345 e. The van der Waals surface area contributed by atoms with Crippen molar-refractivity contribution in [2.75, 3.05) is 0 Å². The van der Waals surface area contributed by atoms with Gasteiger partial charge in [0.25, 0.3) is 0 Å². The quantitative estimate of drug-likeness (QED) is 0.874. The molecule has 0 aromatic carbocycles. The molecule has 17 heavy (non-hydrogen) atoms. The Bertz CT molecular complexity index is 506. The zero-order chi connectivity index (χ0) is 12.3. The molecule has 0 atom stereocenters. The number of carboxylic acid groups (broad SMARTS) is 1. The zero-order valence-corrected chi connectivity index (χ0v) is 10.9. The summed E-state index contributed by atoms with van der Waals surface area (Å²) in [6, 6.07) is 1.74. The Morgan fingerprint density at radius 3 is 2.94 bits per heavy atom. The number of aromatic nitrogens is 1. The minimum atomic E-state index is -0.855. The summed E-state index contributed by atoms with van der Waals surface area (Å²) in [4.78, 5) is 17.4. The first-order valence-electron chi connectivity index (χ1n) is 5.07. The molecule has 2 rings (SSSR count). The molecule has 0 aliphatic heterocycles. The largest absolute Gasteiger partial charge is 0.477 e. The first-order chi connectivity index (χ1) is 8.16. The van der Waals surface area contributed by atoms with Crippen LogP contribution in [0.25, 0.3) is 0 Å². The normalized spacial score (nSPS) is 10.6. The number of nitrogens with one attached hydrogen (secondary N) is 1. The third-order valence-corrected chi connectivity index (χ3v) is 4.19. The second-order valence-electron chi connectivity index (χ2n) is 3.57. The van der Waals surface area contributed by atoms with Gasteiger partial charge in [-0.15, -0.1) is 22.7 Å². The predicted molar refractivity (Wildman–Crippen MR) is 68.7 cm³/mol. The molecule has 0 aliphatic carbocycles. The SMILES string of the molecule is Cc1sc(C(=O)O)cc1CNCc1cncs1. The minimum Gasteiger partial charge on any atom is -0.477 e. The summed E-state index contributed by atoms with van der Waals surface area (Å²) in [5.41, 5.74) is 2.85. The van der Waals surface area contributed by atoms with Crippen LogP contribution in [0.5, 0.6) is 0 Å². The lowest BCUT2D eigenvalue weighted by Crippen LogP contribution is -2.11. The number of rotatable bonds is 5. The highest BCUT2D eigenvalue weighted by atomic mass is 32.1. The molecule has 4 nitrogen and oxygen atoms in total. The number of thiazole rings is 1. The average Bonchev–Trinajstić information content (AvgIpc) is 2.89. The van der Waals surface area contributed by atoms with E-state index in [1.54, 1.807) is 22.9 Å². The number of thiophene rings is 1. The van der Waals surface area contributed by atoms with E-state index < -0.39 is 5.97 Å². The molecule has 2 heterocycles. The van der Waals surface area contributed by atoms with Crippen molar-refractivity contribution >= 4 is 28.6 Å². The Morgan fingerprint density at radius 2 is 2.35 bits per heavy atom. The topological polar surface area (TPSA) is 62.2 Å². The van der Waals surface area contributed by atoms with E-state index >= 15 is 0 Å². The summed E-state index contributed by atoms with van der Waals surface area (Å²) in [6.07, 6.45) is 1.83. The third kappa shape index (κ3) is 3.12. The molecule has 2 aromatic heterocycles. The van der Waals surface area contributed by atoms with Crippen molar-refractivity contribution in [3.8, 4) is 0 Å². The maximum atomic E-state index is 10.8. The van der Waals surface area contributed by atoms with Gasteiger partial charge in [0.15, 0.2) is 0 Å². The van der Waals surface area contributed by atoms with Gasteiger partial charge in [0.2, 0.25) is 0 Å². The van der Waals surface area contributed by atoms with Crippen LogP contribution in [0, 0.1) is 6.92 Å². The number of carboxylic acids is 1. The fourth-order valence-electron chi connectivity index (χ4n) is 1.45. The summed E-state index contributed by atoms with van der Waals surface area (Å²) in [6.45, 7) is 3.40. The molecule has 0 amide bonds. The van der Waals surface area contributed by atoms with Crippen LogP contribution in [0.4, 0.5) is 0 Å². The summed E-state index contributed by atoms with van der Waals surface area (Å²) in [5.74, 6) is -0.855. The lowest BCUT2D eigenvalue weighted by atomic mass is 10.2. The van der Waals surface area contributed by atoms with Crippen LogP contribution in [-0.2, 0) is 13.1 Å². The number of aromatic carboxylic acids is 1. The molecular weight excluding hydrogens is 256 g/mol. The van der Waals surface area contributed by atoms with E-state index in [0.717, 1.165) is 17.0 Å². The van der Waals surface area contributed by atoms with Gasteiger partial charge < -0.3 is 10.4 Å². The van der Waals surface area contributed by atoms with Crippen LogP contribution >= 0.6 is 22.7 Å². The summed E-state index contributed by atoms with van der Waals surface area (Å²) in [7, 11) is 0. The summed E-state index contributed by atoms with van der Waals surface area (Å²) >= 11 is 2.93. The van der Waals surface area contributed by atoms with Crippen molar-refractivity contribution in [2.45, 2.75) is 20.0 Å². The summed E-state index contributed by atoms with van der Waals surface area (Å²) in [5, 5.41) is 12.2. The number of nitrogens with zero attached hydrogens (tertiary/aromatic N) is 1. The fourth-order valence-corrected chi connectivity index (χ4v) is 2.90. The van der Waals surface area contributed by atoms with Crippen LogP contribution < -0.4 is 5.32 Å². The molecule has 0 bridgehead atoms. The van der Waals surface area contributed by atoms with Gasteiger partial charge in [-0.05, 0) is 18.6 Å². The zero-order valence-electron chi connectivity index (χ0n) is 9.27. The van der Waals surface area contributed by atoms with Crippen LogP contribution in [0.2, 0.25) is 0 Å². The first kappa shape index (κ1) is 12.2. The Labute approximate surface area is 107 Å². The molecule has 0 saturated heterocycles. The van der Waals surface area contributed by atoms with Crippen molar-refractivity contribution in [3.63, 3.8) is 0 Å². The standard InChI is InChI=1S/C11H12N2O2S2/c1-7-8(2-10(17-7)11(14)15)3-12-4-9-5-13-6-16-9/h2,5-6,12H,3-4H2,1H3,(H,14,15). The highest BCUT2D eigenvalue weighted by Crippen LogP contribution is 2.21. The fraction of sp³-hybridized carbons (Fsp3) is 0.273. The Morgan fingerprint density at radius 1 is 1.53 bits per heavy atom. The highest BCUT2D eigenvalue weighted by Gasteiger charge is 2.10. The molecule has 2 aromatic rings. The molecule has 2 N–H and O–H groups in total. The Hall–Kier alpha value is -1.24. The molecule has 6 heteroatoms. The van der Waals surface area contributed by atoms with E-state index in [2.05, 4.69) is 10.3 Å². The summed E-state index contributed by atoms with van der Waals surface area (Å²) < 4.78 is 0. The van der Waals surface area contributed by atoms with Gasteiger partial charge in [-0.3, -0.25) is 4.98 Å². The number of aryl methyl sites for hydroxylation is 1. The lowest BCUT2D eigenvalue weighted by Gasteiger charge is -2.01. The first-order valence-corrected chi connectivity index (χ1v) is 6.77. The maximum absolute atomic E-state index is 10.8. The van der Waals surface area contributed by atoms with Crippen LogP contribution in [-0.4, -0.2) is 16.1 Å². The van der Waals surface area contributed by atoms with E-state index in [1.807, 2.05) is 13.1 Å². The molecule has 0 fully saturated rings. The van der Waals surface area contributed by atoms with Gasteiger partial charge >= 0.3 is 5.97 Å². The van der Waals surface area contributed by atoms with Crippen molar-refractivity contribution in [3.05, 3.63) is 38.0 Å². The molecular formula is C11H12N2O2S2. The maximum Gasteiger partial charge on any atom is 0.345 e. The number of hydrogen-bond acceptors (Lipinski definition) is 5. The number of hydrogen-bond donors (Lipinski definition) is 2. The highest BCUT2D eigenvalue weighted by molar-refractivity contribution is 7.14. The molecule has 0 aliphatic rings. The van der Waals surface area contributed by atoms with Crippen LogP contribution in [0.1, 0.15) is 25.0 Å². The molecule has 0 radical (unpaired) electrons. The molecule has 0 unspecified atom stereocenters. The Kier molecular flexibility index (Phi) is 3.88. The average molecular weight is 268 g/mol. The van der Waals surface area contributed by atoms with Gasteiger partial charge in [-0.1, -0.05) is 0 Å². The predicted octanol–water partition coefficient (Wildman–Crippen LogP) is 2.50. The van der Waals surface area contributed by atoms with Gasteiger partial charge in [-0.2, -0.15) is 0 Å². The van der Waals surface area contributed by atoms with Gasteiger partial charge in [0.1, 0.15) is 4.88 Å². The Balaban J connectivity index is 1.92. The second-order valence-corrected chi connectivity index (χ2v) is 5.80. The lowest BCUT2D eigenvalue weighted by molar-refractivity contribution is 0.0702. The second kappa shape index (κ2) is 5.39. The van der Waals surface area contributed by atoms with Gasteiger partial charge in [-0.25, -0.2) is 4.79 Å². The molecule has 0 saturated carbocycles. The van der Waals surface area contributed by atoms with Crippen molar-refractivity contribution in [1.82, 2.24) is 10.3 Å². The van der Waals surface area contributed by atoms with Crippen molar-refractivity contribution in [1.29, 1.82) is 0 Å². The number of carbonyl (C=O) groups is 1. The van der Waals surface area contributed by atoms with Crippen molar-refractivity contribution < 1.29 is 9.90 Å². The van der Waals surface area contributed by atoms with Gasteiger partial charge in [0, 0.05) is 29.0 Å². The van der Waals surface area contributed by atoms with E-state index in [1.165, 1.54) is 16.2 Å². The van der Waals surface area contributed by atoms with Crippen LogP contribution in [0.3, 0.4) is 0 Å². The molecule has 90 valence electrons. The monoisotopic (exact) mass is 268 g/mol. The minimum absolute atomic E-state index is 0.400. The van der Waals surface area contributed by atoms with Crippen molar-refractivity contribution in [2.24, 2.45) is 0 Å². The van der Waals surface area contributed by atoms with E-state index in [9.17, 15) is 4.79 Å².